The van der Waals surface area contributed by atoms with Crippen LogP contribution in [0.3, 0.4) is 0 Å². The van der Waals surface area contributed by atoms with Gasteiger partial charge in [0, 0.05) is 0 Å². The first kappa shape index (κ1) is 3.03. The average Bonchev–Trinajstić information content (AvgIpc) is 1.30. The standard InChI is InChI=1S/C2H2O2S/c3-2-1-5-4-2/h1H2. The summed E-state index contributed by atoms with van der Waals surface area (Å²) in [5.41, 5.74) is 0. The summed E-state index contributed by atoms with van der Waals surface area (Å²) in [5, 5.41) is 0. The van der Waals surface area contributed by atoms with Gasteiger partial charge in [0.05, 0.1) is 12.0 Å². The summed E-state index contributed by atoms with van der Waals surface area (Å²) >= 11 is 1.20. The zero-order chi connectivity index (χ0) is 3.70. The highest BCUT2D eigenvalue weighted by Gasteiger charge is 2.13. The van der Waals surface area contributed by atoms with E-state index in [4.69, 9.17) is 0 Å². The molecule has 0 aromatic heterocycles. The average molecular weight is 90.1 g/mol. The minimum atomic E-state index is -0.102. The van der Waals surface area contributed by atoms with Gasteiger partial charge in [-0.3, -0.25) is 4.79 Å². The maximum atomic E-state index is 9.66. The molecule has 5 heavy (non-hydrogen) atoms. The zero-order valence-electron chi connectivity index (χ0n) is 2.43. The second kappa shape index (κ2) is 0.897. The van der Waals surface area contributed by atoms with E-state index >= 15 is 0 Å². The van der Waals surface area contributed by atoms with E-state index < -0.39 is 0 Å². The van der Waals surface area contributed by atoms with E-state index in [1.165, 1.54) is 12.0 Å². The fourth-order valence-corrected chi connectivity index (χ4v) is 0.321. The highest BCUT2D eigenvalue weighted by Crippen LogP contribution is 2.13. The first-order valence-electron chi connectivity index (χ1n) is 1.22. The quantitative estimate of drug-likeness (QED) is 0.397. The van der Waals surface area contributed by atoms with Crippen LogP contribution >= 0.6 is 12.0 Å². The normalized spacial score (nSPS) is 20.4. The van der Waals surface area contributed by atoms with Crippen molar-refractivity contribution in [2.24, 2.45) is 0 Å². The SMILES string of the molecule is O=C1CSO1. The number of carbonyl (C=O) groups excluding carboxylic acids is 1. The van der Waals surface area contributed by atoms with Gasteiger partial charge in [0.15, 0.2) is 0 Å². The van der Waals surface area contributed by atoms with Crippen LogP contribution in [0, 0.1) is 0 Å². The van der Waals surface area contributed by atoms with Crippen molar-refractivity contribution in [3.63, 3.8) is 0 Å². The van der Waals surface area contributed by atoms with Crippen LogP contribution in [0.25, 0.3) is 0 Å². The van der Waals surface area contributed by atoms with Crippen molar-refractivity contribution in [3.8, 4) is 0 Å². The molecule has 1 fully saturated rings. The van der Waals surface area contributed by atoms with Gasteiger partial charge in [-0.25, -0.2) is 0 Å². The molecule has 0 spiro atoms. The molecule has 0 aromatic carbocycles. The monoisotopic (exact) mass is 90.0 g/mol. The molecule has 0 atom stereocenters. The molecule has 0 amide bonds. The second-order valence-corrected chi connectivity index (χ2v) is 1.41. The molecule has 1 rings (SSSR count). The molecule has 3 heteroatoms. The van der Waals surface area contributed by atoms with Gasteiger partial charge in [-0.2, -0.15) is 0 Å². The summed E-state index contributed by atoms with van der Waals surface area (Å²) in [5.74, 6) is 0.440. The molecular formula is C2H2O2S. The van der Waals surface area contributed by atoms with Gasteiger partial charge in [0.2, 0.25) is 0 Å². The van der Waals surface area contributed by atoms with Gasteiger partial charge < -0.3 is 4.18 Å². The van der Waals surface area contributed by atoms with Crippen molar-refractivity contribution >= 4 is 18.0 Å². The predicted molar refractivity (Wildman–Crippen MR) is 18.5 cm³/mol. The Morgan fingerprint density at radius 3 is 2.40 bits per heavy atom. The molecule has 28 valence electrons. The Morgan fingerprint density at radius 2 is 2.40 bits per heavy atom. The Morgan fingerprint density at radius 1 is 2.00 bits per heavy atom. The third-order valence-corrected chi connectivity index (χ3v) is 0.986. The lowest BCUT2D eigenvalue weighted by Gasteiger charge is -2.05. The Hall–Kier alpha value is -0.180. The maximum Gasteiger partial charge on any atom is 0.331 e. The van der Waals surface area contributed by atoms with Crippen LogP contribution in [-0.4, -0.2) is 11.7 Å². The molecule has 1 aliphatic rings. The third-order valence-electron chi connectivity index (χ3n) is 0.329. The molecule has 0 aromatic rings. The van der Waals surface area contributed by atoms with Gasteiger partial charge in [0.1, 0.15) is 5.75 Å². The largest absolute Gasteiger partial charge is 0.390 e. The molecule has 0 radical (unpaired) electrons. The second-order valence-electron chi connectivity index (χ2n) is 0.718. The fraction of sp³-hybridized carbons (Fsp3) is 0.500. The summed E-state index contributed by atoms with van der Waals surface area (Å²) in [4.78, 5) is 9.66. The van der Waals surface area contributed by atoms with E-state index in [0.717, 1.165) is 0 Å². The minimum absolute atomic E-state index is 0.102. The molecule has 0 bridgehead atoms. The molecule has 0 saturated carbocycles. The number of carbonyl (C=O) groups is 1. The smallest absolute Gasteiger partial charge is 0.331 e. The van der Waals surface area contributed by atoms with Crippen molar-refractivity contribution in [2.45, 2.75) is 0 Å². The molecule has 1 aliphatic heterocycles. The van der Waals surface area contributed by atoms with Crippen LogP contribution in [0.5, 0.6) is 0 Å². The van der Waals surface area contributed by atoms with Gasteiger partial charge >= 0.3 is 5.97 Å². The lowest BCUT2D eigenvalue weighted by molar-refractivity contribution is -0.132. The van der Waals surface area contributed by atoms with E-state index in [-0.39, 0.29) is 5.97 Å². The van der Waals surface area contributed by atoms with Crippen LogP contribution < -0.4 is 0 Å². The first-order chi connectivity index (χ1) is 2.39. The van der Waals surface area contributed by atoms with Crippen LogP contribution in [0.15, 0.2) is 0 Å². The van der Waals surface area contributed by atoms with Crippen molar-refractivity contribution < 1.29 is 8.98 Å². The van der Waals surface area contributed by atoms with Crippen LogP contribution in [0.4, 0.5) is 0 Å². The Bertz CT molecular complexity index is 54.7. The summed E-state index contributed by atoms with van der Waals surface area (Å²) < 4.78 is 4.21. The van der Waals surface area contributed by atoms with Gasteiger partial charge in [-0.1, -0.05) is 0 Å². The lowest BCUT2D eigenvalue weighted by atomic mass is 10.8. The summed E-state index contributed by atoms with van der Waals surface area (Å²) in [6.45, 7) is 0. The molecule has 2 nitrogen and oxygen atoms in total. The molecular weight excluding hydrogens is 88.1 g/mol. The van der Waals surface area contributed by atoms with Crippen molar-refractivity contribution in [3.05, 3.63) is 0 Å². The molecule has 0 unspecified atom stereocenters. The van der Waals surface area contributed by atoms with Gasteiger partial charge in [-0.05, 0) is 0 Å². The number of hydrogen-bond donors (Lipinski definition) is 0. The van der Waals surface area contributed by atoms with E-state index in [2.05, 4.69) is 4.18 Å². The Labute approximate surface area is 33.7 Å². The van der Waals surface area contributed by atoms with E-state index in [0.29, 0.717) is 5.75 Å². The topological polar surface area (TPSA) is 26.3 Å². The fourth-order valence-electron chi connectivity index (χ4n) is 0.107. The first-order valence-corrected chi connectivity index (χ1v) is 2.13. The molecule has 0 N–H and O–H groups in total. The van der Waals surface area contributed by atoms with E-state index in [1.54, 1.807) is 0 Å². The van der Waals surface area contributed by atoms with Crippen LogP contribution in [0.1, 0.15) is 0 Å². The summed E-state index contributed by atoms with van der Waals surface area (Å²) in [6, 6.07) is 0. The summed E-state index contributed by atoms with van der Waals surface area (Å²) in [6.07, 6.45) is 0. The minimum Gasteiger partial charge on any atom is -0.390 e. The predicted octanol–water partition coefficient (Wildman–Crippen LogP) is 0.191. The summed E-state index contributed by atoms with van der Waals surface area (Å²) in [7, 11) is 0. The van der Waals surface area contributed by atoms with Crippen molar-refractivity contribution in [1.29, 1.82) is 0 Å². The number of hydrogen-bond acceptors (Lipinski definition) is 3. The Kier molecular flexibility index (Phi) is 0.543. The molecule has 0 aliphatic carbocycles. The van der Waals surface area contributed by atoms with E-state index in [9.17, 15) is 4.79 Å². The lowest BCUT2D eigenvalue weighted by Crippen LogP contribution is -2.12. The zero-order valence-corrected chi connectivity index (χ0v) is 3.25. The molecule has 1 saturated heterocycles. The Balaban J connectivity index is 2.32. The number of rotatable bonds is 0. The van der Waals surface area contributed by atoms with Crippen LogP contribution in [-0.2, 0) is 8.98 Å². The van der Waals surface area contributed by atoms with Gasteiger partial charge in [-0.15, -0.1) is 0 Å². The van der Waals surface area contributed by atoms with Crippen LogP contribution in [0.2, 0.25) is 0 Å². The van der Waals surface area contributed by atoms with Gasteiger partial charge in [0.25, 0.3) is 0 Å². The van der Waals surface area contributed by atoms with Crippen molar-refractivity contribution in [1.82, 2.24) is 0 Å². The maximum absolute atomic E-state index is 9.66. The molecule has 1 heterocycles. The third kappa shape index (κ3) is 0.374. The van der Waals surface area contributed by atoms with Crippen molar-refractivity contribution in [2.75, 3.05) is 5.75 Å². The highest BCUT2D eigenvalue weighted by atomic mass is 32.2. The highest BCUT2D eigenvalue weighted by molar-refractivity contribution is 7.97. The van der Waals surface area contributed by atoms with E-state index in [1.807, 2.05) is 0 Å².